The zero-order valence-electron chi connectivity index (χ0n) is 34.8. The fourth-order valence-corrected chi connectivity index (χ4v) is 6.90. The highest BCUT2D eigenvalue weighted by molar-refractivity contribution is 7.47. The number of rotatable bonds is 38. The standard InChI is InChI=1S/C41H74O14P2/c1-4-5-6-7-17-22-27-38-39(55-38)28-23-18-13-11-15-19-24-29-40(43)50-33-37(34-53-57(48,49)52-32-36(42)31-51-56(45,46)47)54-41(44)30-25-20-14-10-8-9-12-16-21-26-35(2)3/h11,15,17-18,22-23,35-39,42H,4-10,12-14,16,19-21,24-34H2,1-3H3,(H,48,49)(H2,45,46,47)/b15-11-,22-17-,23-18-/t36-,37+,38?,39?/m0/s1. The first-order valence-corrected chi connectivity index (χ1v) is 24.2. The number of phosphoric ester groups is 2. The quantitative estimate of drug-likeness (QED) is 0.0150. The Labute approximate surface area is 342 Å². The first-order valence-electron chi connectivity index (χ1n) is 21.2. The van der Waals surface area contributed by atoms with Crippen LogP contribution in [0.4, 0.5) is 0 Å². The number of epoxide rings is 1. The maximum atomic E-state index is 12.6. The number of hydrogen-bond donors (Lipinski definition) is 4. The Kier molecular flexibility index (Phi) is 30.9. The molecule has 0 bridgehead atoms. The minimum absolute atomic E-state index is 0.114. The summed E-state index contributed by atoms with van der Waals surface area (Å²) in [5.74, 6) is -0.355. The Hall–Kier alpha value is -1.70. The fourth-order valence-electron chi connectivity index (χ4n) is 5.74. The second kappa shape index (κ2) is 33.1. The van der Waals surface area contributed by atoms with Crippen LogP contribution >= 0.6 is 15.6 Å². The molecule has 1 aliphatic rings. The summed E-state index contributed by atoms with van der Waals surface area (Å²) in [6, 6.07) is 0. The second-order valence-electron chi connectivity index (χ2n) is 15.1. The van der Waals surface area contributed by atoms with Crippen LogP contribution in [0.25, 0.3) is 0 Å². The van der Waals surface area contributed by atoms with Gasteiger partial charge in [-0.05, 0) is 57.3 Å². The lowest BCUT2D eigenvalue weighted by atomic mass is 10.0. The highest BCUT2D eigenvalue weighted by Gasteiger charge is 2.36. The van der Waals surface area contributed by atoms with Crippen LogP contribution in [0, 0.1) is 5.92 Å². The molecule has 1 heterocycles. The van der Waals surface area contributed by atoms with Gasteiger partial charge in [-0.2, -0.15) is 0 Å². The average Bonchev–Trinajstić information content (AvgIpc) is 3.91. The number of hydrogen-bond acceptors (Lipinski definition) is 11. The number of aliphatic hydroxyl groups excluding tert-OH is 1. The maximum absolute atomic E-state index is 12.6. The summed E-state index contributed by atoms with van der Waals surface area (Å²) in [6.07, 6.45) is 30.5. The van der Waals surface area contributed by atoms with Crippen LogP contribution in [-0.2, 0) is 46.5 Å². The highest BCUT2D eigenvalue weighted by Crippen LogP contribution is 2.44. The van der Waals surface area contributed by atoms with E-state index in [9.17, 15) is 28.7 Å². The number of carbonyl (C=O) groups excluding carboxylic acids is 2. The van der Waals surface area contributed by atoms with E-state index in [0.717, 1.165) is 57.3 Å². The van der Waals surface area contributed by atoms with Crippen molar-refractivity contribution in [3.05, 3.63) is 36.5 Å². The van der Waals surface area contributed by atoms with Gasteiger partial charge in [-0.3, -0.25) is 23.2 Å². The SMILES string of the molecule is CCCCC/C=C\CC1OC1C/C=C\C/C=C\CCCC(=O)OC[C@H](COP(=O)(O)OC[C@@H](O)COP(=O)(O)O)OC(=O)CCCCCCCCCCCC(C)C. The van der Waals surface area contributed by atoms with Gasteiger partial charge >= 0.3 is 27.6 Å². The molecule has 0 aliphatic carbocycles. The van der Waals surface area contributed by atoms with Crippen molar-refractivity contribution in [3.63, 3.8) is 0 Å². The third-order valence-electron chi connectivity index (χ3n) is 9.10. The Balaban J connectivity index is 2.40. The molecular formula is C41H74O14P2. The minimum atomic E-state index is -4.87. The van der Waals surface area contributed by atoms with Gasteiger partial charge in [-0.1, -0.05) is 128 Å². The van der Waals surface area contributed by atoms with Gasteiger partial charge in [0.25, 0.3) is 0 Å². The van der Waals surface area contributed by atoms with Crippen LogP contribution in [0.5, 0.6) is 0 Å². The Morgan fingerprint density at radius 2 is 1.19 bits per heavy atom. The molecule has 14 nitrogen and oxygen atoms in total. The number of carbonyl (C=O) groups is 2. The fraction of sp³-hybridized carbons (Fsp3) is 0.805. The number of esters is 2. The molecule has 0 aromatic rings. The summed E-state index contributed by atoms with van der Waals surface area (Å²) in [4.78, 5) is 52.6. The van der Waals surface area contributed by atoms with E-state index in [-0.39, 0.29) is 12.8 Å². The number of phosphoric acid groups is 2. The third kappa shape index (κ3) is 34.8. The summed E-state index contributed by atoms with van der Waals surface area (Å²) in [5.41, 5.74) is 0. The molecule has 0 aromatic heterocycles. The molecule has 5 atom stereocenters. The lowest BCUT2D eigenvalue weighted by Gasteiger charge is -2.20. The van der Waals surface area contributed by atoms with Crippen molar-refractivity contribution in [1.82, 2.24) is 0 Å². The predicted octanol–water partition coefficient (Wildman–Crippen LogP) is 9.35. The normalized spacial score (nSPS) is 18.1. The molecule has 1 saturated heterocycles. The Morgan fingerprint density at radius 3 is 1.84 bits per heavy atom. The molecule has 1 fully saturated rings. The van der Waals surface area contributed by atoms with Crippen molar-refractivity contribution in [2.24, 2.45) is 5.92 Å². The highest BCUT2D eigenvalue weighted by atomic mass is 31.2. The monoisotopic (exact) mass is 852 g/mol. The molecule has 4 N–H and O–H groups in total. The topological polar surface area (TPSA) is 208 Å². The molecule has 332 valence electrons. The molecule has 1 aliphatic heterocycles. The Morgan fingerprint density at radius 1 is 0.649 bits per heavy atom. The number of allylic oxidation sites excluding steroid dienone is 4. The molecule has 16 heteroatoms. The van der Waals surface area contributed by atoms with Crippen molar-refractivity contribution in [1.29, 1.82) is 0 Å². The lowest BCUT2D eigenvalue weighted by molar-refractivity contribution is -0.161. The zero-order chi connectivity index (χ0) is 42.2. The second-order valence-corrected chi connectivity index (χ2v) is 17.8. The van der Waals surface area contributed by atoms with E-state index >= 15 is 0 Å². The molecule has 3 unspecified atom stereocenters. The Bertz CT molecular complexity index is 1230. The maximum Gasteiger partial charge on any atom is 0.472 e. The first-order chi connectivity index (χ1) is 27.2. The van der Waals surface area contributed by atoms with E-state index in [0.29, 0.717) is 31.5 Å². The zero-order valence-corrected chi connectivity index (χ0v) is 36.6. The van der Waals surface area contributed by atoms with Crippen LogP contribution in [-0.4, -0.2) is 82.6 Å². The van der Waals surface area contributed by atoms with Crippen molar-refractivity contribution >= 4 is 27.6 Å². The van der Waals surface area contributed by atoms with Crippen LogP contribution in [0.2, 0.25) is 0 Å². The number of aliphatic hydroxyl groups is 1. The van der Waals surface area contributed by atoms with Crippen LogP contribution in [0.1, 0.15) is 156 Å². The van der Waals surface area contributed by atoms with E-state index < -0.39 is 66.2 Å². The first kappa shape index (κ1) is 53.3. The molecule has 57 heavy (non-hydrogen) atoms. The van der Waals surface area contributed by atoms with Gasteiger partial charge in [-0.25, -0.2) is 9.13 Å². The van der Waals surface area contributed by atoms with Gasteiger partial charge in [0.15, 0.2) is 6.10 Å². The van der Waals surface area contributed by atoms with Gasteiger partial charge in [-0.15, -0.1) is 0 Å². The van der Waals surface area contributed by atoms with E-state index in [1.807, 2.05) is 12.2 Å². The molecule has 0 amide bonds. The molecular weight excluding hydrogens is 778 g/mol. The average molecular weight is 853 g/mol. The van der Waals surface area contributed by atoms with E-state index in [2.05, 4.69) is 54.1 Å². The largest absolute Gasteiger partial charge is 0.472 e. The van der Waals surface area contributed by atoms with Crippen LogP contribution < -0.4 is 0 Å². The van der Waals surface area contributed by atoms with Crippen molar-refractivity contribution < 1.29 is 66.3 Å². The number of unbranched alkanes of at least 4 members (excludes halogenated alkanes) is 12. The van der Waals surface area contributed by atoms with E-state index in [4.69, 9.17) is 28.5 Å². The van der Waals surface area contributed by atoms with E-state index in [1.165, 1.54) is 51.4 Å². The van der Waals surface area contributed by atoms with Crippen molar-refractivity contribution in [3.8, 4) is 0 Å². The van der Waals surface area contributed by atoms with Crippen LogP contribution in [0.3, 0.4) is 0 Å². The third-order valence-corrected chi connectivity index (χ3v) is 10.5. The van der Waals surface area contributed by atoms with Gasteiger partial charge in [0.1, 0.15) is 12.7 Å². The minimum Gasteiger partial charge on any atom is -0.462 e. The molecule has 0 saturated carbocycles. The van der Waals surface area contributed by atoms with Crippen molar-refractivity contribution in [2.75, 3.05) is 26.4 Å². The van der Waals surface area contributed by atoms with Crippen LogP contribution in [0.15, 0.2) is 36.5 Å². The molecule has 0 aromatic carbocycles. The van der Waals surface area contributed by atoms with Gasteiger partial charge in [0.05, 0.1) is 32.0 Å². The summed E-state index contributed by atoms with van der Waals surface area (Å²) in [7, 11) is -9.68. The predicted molar refractivity (Wildman–Crippen MR) is 220 cm³/mol. The van der Waals surface area contributed by atoms with Gasteiger partial charge in [0, 0.05) is 12.8 Å². The molecule has 0 spiro atoms. The molecule has 1 rings (SSSR count). The summed E-state index contributed by atoms with van der Waals surface area (Å²) in [6.45, 7) is 3.92. The summed E-state index contributed by atoms with van der Waals surface area (Å²) in [5, 5.41) is 9.73. The summed E-state index contributed by atoms with van der Waals surface area (Å²) < 4.78 is 53.4. The number of ether oxygens (including phenoxy) is 3. The van der Waals surface area contributed by atoms with E-state index in [1.54, 1.807) is 0 Å². The van der Waals surface area contributed by atoms with Gasteiger partial charge in [0.2, 0.25) is 0 Å². The summed E-state index contributed by atoms with van der Waals surface area (Å²) >= 11 is 0. The molecule has 0 radical (unpaired) electrons. The van der Waals surface area contributed by atoms with Gasteiger partial charge < -0.3 is 34.0 Å². The van der Waals surface area contributed by atoms with Crippen molar-refractivity contribution in [2.45, 2.75) is 180 Å². The smallest absolute Gasteiger partial charge is 0.462 e. The lowest BCUT2D eigenvalue weighted by Crippen LogP contribution is -2.30.